The maximum Gasteiger partial charge on any atom is 0.119 e. The lowest BCUT2D eigenvalue weighted by molar-refractivity contribution is 0.301. The summed E-state index contributed by atoms with van der Waals surface area (Å²) >= 11 is 0. The average molecular weight is 283 g/mol. The lowest BCUT2D eigenvalue weighted by atomic mass is 9.91. The van der Waals surface area contributed by atoms with Crippen LogP contribution in [0.25, 0.3) is 0 Å². The normalized spacial score (nSPS) is 12.1. The van der Waals surface area contributed by atoms with Crippen LogP contribution in [0.5, 0.6) is 5.75 Å². The Balaban J connectivity index is 1.81. The van der Waals surface area contributed by atoms with Crippen LogP contribution in [-0.2, 0) is 0 Å². The molecule has 0 aromatic heterocycles. The summed E-state index contributed by atoms with van der Waals surface area (Å²) in [5.74, 6) is 1.37. The molecular formula is C19H25NO. The number of nitrogens with two attached hydrogens (primary N) is 1. The molecule has 0 saturated heterocycles. The molecule has 2 nitrogen and oxygen atoms in total. The third-order valence-electron chi connectivity index (χ3n) is 3.90. The third kappa shape index (κ3) is 4.61. The summed E-state index contributed by atoms with van der Waals surface area (Å²) in [6.07, 6.45) is 2.08. The summed E-state index contributed by atoms with van der Waals surface area (Å²) in [7, 11) is 0. The Labute approximate surface area is 127 Å². The topological polar surface area (TPSA) is 35.2 Å². The van der Waals surface area contributed by atoms with Gasteiger partial charge in [-0.05, 0) is 62.4 Å². The first-order chi connectivity index (χ1) is 10.2. The smallest absolute Gasteiger partial charge is 0.119 e. The van der Waals surface area contributed by atoms with Gasteiger partial charge in [0.25, 0.3) is 0 Å². The summed E-state index contributed by atoms with van der Waals surface area (Å²) in [5, 5.41) is 0. The summed E-state index contributed by atoms with van der Waals surface area (Å²) in [4.78, 5) is 0. The molecule has 2 N–H and O–H groups in total. The van der Waals surface area contributed by atoms with E-state index in [9.17, 15) is 0 Å². The fourth-order valence-corrected chi connectivity index (χ4v) is 2.60. The van der Waals surface area contributed by atoms with E-state index >= 15 is 0 Å². The molecule has 0 saturated carbocycles. The maximum atomic E-state index is 5.94. The number of aryl methyl sites for hydroxylation is 2. The zero-order valence-electron chi connectivity index (χ0n) is 13.0. The molecule has 2 aromatic rings. The van der Waals surface area contributed by atoms with Crippen molar-refractivity contribution in [2.45, 2.75) is 32.6 Å². The van der Waals surface area contributed by atoms with Crippen LogP contribution in [0, 0.1) is 13.8 Å². The van der Waals surface area contributed by atoms with Gasteiger partial charge < -0.3 is 10.5 Å². The Morgan fingerprint density at radius 3 is 2.38 bits per heavy atom. The van der Waals surface area contributed by atoms with Crippen molar-refractivity contribution in [3.63, 3.8) is 0 Å². The first-order valence-electron chi connectivity index (χ1n) is 7.65. The molecule has 0 aliphatic heterocycles. The summed E-state index contributed by atoms with van der Waals surface area (Å²) in [6.45, 7) is 5.67. The zero-order chi connectivity index (χ0) is 15.1. The van der Waals surface area contributed by atoms with Crippen LogP contribution in [0.15, 0.2) is 48.5 Å². The highest BCUT2D eigenvalue weighted by molar-refractivity contribution is 5.29. The minimum absolute atomic E-state index is 0.424. The standard InChI is InChI=1S/C19H25NO/c1-15-9-11-18(12-10-15)21-13-5-7-17(14-20)19-8-4-3-6-16(19)2/h3-4,6,8-12,17H,5,7,13-14,20H2,1-2H3. The van der Waals surface area contributed by atoms with E-state index in [0.717, 1.165) is 25.2 Å². The largest absolute Gasteiger partial charge is 0.494 e. The van der Waals surface area contributed by atoms with Gasteiger partial charge in [-0.2, -0.15) is 0 Å². The molecular weight excluding hydrogens is 258 g/mol. The van der Waals surface area contributed by atoms with E-state index in [1.165, 1.54) is 16.7 Å². The van der Waals surface area contributed by atoms with Gasteiger partial charge >= 0.3 is 0 Å². The predicted octanol–water partition coefficient (Wildman–Crippen LogP) is 4.20. The van der Waals surface area contributed by atoms with E-state index in [1.807, 2.05) is 12.1 Å². The van der Waals surface area contributed by atoms with Crippen LogP contribution in [0.4, 0.5) is 0 Å². The van der Waals surface area contributed by atoms with Crippen LogP contribution < -0.4 is 10.5 Å². The maximum absolute atomic E-state index is 5.94. The predicted molar refractivity (Wildman–Crippen MR) is 88.9 cm³/mol. The number of ether oxygens (including phenoxy) is 1. The minimum atomic E-state index is 0.424. The molecule has 0 heterocycles. The fraction of sp³-hybridized carbons (Fsp3) is 0.368. The van der Waals surface area contributed by atoms with Crippen LogP contribution >= 0.6 is 0 Å². The van der Waals surface area contributed by atoms with Crippen LogP contribution in [0.2, 0.25) is 0 Å². The molecule has 1 unspecified atom stereocenters. The molecule has 0 aliphatic rings. The highest BCUT2D eigenvalue weighted by atomic mass is 16.5. The van der Waals surface area contributed by atoms with E-state index in [4.69, 9.17) is 10.5 Å². The molecule has 2 heteroatoms. The van der Waals surface area contributed by atoms with Gasteiger partial charge in [0.15, 0.2) is 0 Å². The monoisotopic (exact) mass is 283 g/mol. The van der Waals surface area contributed by atoms with E-state index < -0.39 is 0 Å². The SMILES string of the molecule is Cc1ccc(OCCCC(CN)c2ccccc2C)cc1. The number of hydrogen-bond acceptors (Lipinski definition) is 2. The van der Waals surface area contributed by atoms with Crippen molar-refractivity contribution >= 4 is 0 Å². The van der Waals surface area contributed by atoms with Crippen LogP contribution in [0.3, 0.4) is 0 Å². The third-order valence-corrected chi connectivity index (χ3v) is 3.90. The van der Waals surface area contributed by atoms with Crippen molar-refractivity contribution in [2.24, 2.45) is 5.73 Å². The molecule has 0 radical (unpaired) electrons. The zero-order valence-corrected chi connectivity index (χ0v) is 13.0. The van der Waals surface area contributed by atoms with Gasteiger partial charge in [-0.3, -0.25) is 0 Å². The molecule has 0 spiro atoms. The van der Waals surface area contributed by atoms with Gasteiger partial charge in [0, 0.05) is 0 Å². The second-order valence-electron chi connectivity index (χ2n) is 5.59. The fourth-order valence-electron chi connectivity index (χ4n) is 2.60. The van der Waals surface area contributed by atoms with E-state index in [0.29, 0.717) is 12.5 Å². The average Bonchev–Trinajstić information content (AvgIpc) is 2.50. The molecule has 21 heavy (non-hydrogen) atoms. The lowest BCUT2D eigenvalue weighted by Gasteiger charge is -2.17. The molecule has 0 fully saturated rings. The van der Waals surface area contributed by atoms with Gasteiger partial charge in [0.1, 0.15) is 5.75 Å². The van der Waals surface area contributed by atoms with E-state index in [-0.39, 0.29) is 0 Å². The van der Waals surface area contributed by atoms with Gasteiger partial charge in [-0.1, -0.05) is 42.0 Å². The quantitative estimate of drug-likeness (QED) is 0.773. The first-order valence-corrected chi connectivity index (χ1v) is 7.65. The van der Waals surface area contributed by atoms with Crippen molar-refractivity contribution in [3.8, 4) is 5.75 Å². The summed E-state index contributed by atoms with van der Waals surface area (Å²) < 4.78 is 5.78. The first kappa shape index (κ1) is 15.6. The minimum Gasteiger partial charge on any atom is -0.494 e. The molecule has 2 aromatic carbocycles. The van der Waals surface area contributed by atoms with Crippen molar-refractivity contribution < 1.29 is 4.74 Å². The Bertz CT molecular complexity index is 548. The highest BCUT2D eigenvalue weighted by Gasteiger charge is 2.11. The Morgan fingerprint density at radius 1 is 1.00 bits per heavy atom. The van der Waals surface area contributed by atoms with Gasteiger partial charge in [-0.15, -0.1) is 0 Å². The number of benzene rings is 2. The second kappa shape index (κ2) is 7.84. The van der Waals surface area contributed by atoms with E-state index in [2.05, 4.69) is 50.2 Å². The van der Waals surface area contributed by atoms with Gasteiger partial charge in [0.05, 0.1) is 6.61 Å². The van der Waals surface area contributed by atoms with Crippen molar-refractivity contribution in [2.75, 3.05) is 13.2 Å². The Hall–Kier alpha value is -1.80. The highest BCUT2D eigenvalue weighted by Crippen LogP contribution is 2.23. The van der Waals surface area contributed by atoms with Crippen molar-refractivity contribution in [1.82, 2.24) is 0 Å². The van der Waals surface area contributed by atoms with Crippen molar-refractivity contribution in [1.29, 1.82) is 0 Å². The summed E-state index contributed by atoms with van der Waals surface area (Å²) in [5.41, 5.74) is 9.89. The van der Waals surface area contributed by atoms with E-state index in [1.54, 1.807) is 0 Å². The Kier molecular flexibility index (Phi) is 5.82. The lowest BCUT2D eigenvalue weighted by Crippen LogP contribution is -2.14. The molecule has 2 rings (SSSR count). The number of rotatable bonds is 7. The van der Waals surface area contributed by atoms with Gasteiger partial charge in [0.2, 0.25) is 0 Å². The van der Waals surface area contributed by atoms with Crippen LogP contribution in [-0.4, -0.2) is 13.2 Å². The second-order valence-corrected chi connectivity index (χ2v) is 5.59. The molecule has 112 valence electrons. The van der Waals surface area contributed by atoms with Crippen LogP contribution in [0.1, 0.15) is 35.4 Å². The van der Waals surface area contributed by atoms with Gasteiger partial charge in [-0.25, -0.2) is 0 Å². The van der Waals surface area contributed by atoms with Crippen molar-refractivity contribution in [3.05, 3.63) is 65.2 Å². The summed E-state index contributed by atoms with van der Waals surface area (Å²) in [6, 6.07) is 16.7. The molecule has 1 atom stereocenters. The molecule has 0 amide bonds. The number of hydrogen-bond donors (Lipinski definition) is 1. The molecule has 0 aliphatic carbocycles. The molecule has 0 bridgehead atoms. The Morgan fingerprint density at radius 2 is 1.71 bits per heavy atom.